The van der Waals surface area contributed by atoms with Crippen LogP contribution in [0, 0.1) is 10.1 Å². The number of benzene rings is 1. The molecule has 0 aliphatic rings. The third kappa shape index (κ3) is 4.11. The van der Waals surface area contributed by atoms with Crippen LogP contribution in [0.25, 0.3) is 10.9 Å². The van der Waals surface area contributed by atoms with Crippen molar-refractivity contribution >= 4 is 33.1 Å². The molecular formula is C19H21N3O3S. The number of thiophene rings is 1. The van der Waals surface area contributed by atoms with Gasteiger partial charge in [0.15, 0.2) is 0 Å². The Kier molecular flexibility index (Phi) is 5.68. The average Bonchev–Trinajstić information content (AvgIpc) is 3.26. The first-order chi connectivity index (χ1) is 12.6. The molecule has 0 bridgehead atoms. The van der Waals surface area contributed by atoms with Gasteiger partial charge >= 0.3 is 5.00 Å². The number of hydrogen-bond acceptors (Lipinski definition) is 4. The summed E-state index contributed by atoms with van der Waals surface area (Å²) >= 11 is 1.13. The van der Waals surface area contributed by atoms with Crippen LogP contribution < -0.4 is 0 Å². The quantitative estimate of drug-likeness (QED) is 0.467. The number of rotatable bonds is 8. The lowest BCUT2D eigenvalue weighted by Gasteiger charge is -2.22. The molecule has 0 atom stereocenters. The molecule has 1 amide bonds. The molecule has 0 aliphatic heterocycles. The summed E-state index contributed by atoms with van der Waals surface area (Å²) in [6.07, 6.45) is 4.00. The van der Waals surface area contributed by atoms with Crippen molar-refractivity contribution in [3.63, 3.8) is 0 Å². The minimum Gasteiger partial charge on any atom is -0.361 e. The Balaban J connectivity index is 1.73. The van der Waals surface area contributed by atoms with Gasteiger partial charge in [0.2, 0.25) is 5.91 Å². The van der Waals surface area contributed by atoms with E-state index in [1.54, 1.807) is 11.0 Å². The number of amides is 1. The zero-order valence-electron chi connectivity index (χ0n) is 14.6. The Labute approximate surface area is 155 Å². The number of aromatic amines is 1. The highest BCUT2D eigenvalue weighted by molar-refractivity contribution is 7.15. The summed E-state index contributed by atoms with van der Waals surface area (Å²) in [4.78, 5) is 28.9. The van der Waals surface area contributed by atoms with Crippen LogP contribution in [-0.2, 0) is 17.8 Å². The first-order valence-corrected chi connectivity index (χ1v) is 9.46. The van der Waals surface area contributed by atoms with Gasteiger partial charge in [-0.05, 0) is 30.5 Å². The fraction of sp³-hybridized carbons (Fsp3) is 0.316. The molecule has 0 fully saturated rings. The summed E-state index contributed by atoms with van der Waals surface area (Å²) in [5, 5.41) is 12.2. The molecular weight excluding hydrogens is 350 g/mol. The van der Waals surface area contributed by atoms with Crippen LogP contribution in [0.3, 0.4) is 0 Å². The fourth-order valence-corrected chi connectivity index (χ4v) is 3.83. The lowest BCUT2D eigenvalue weighted by atomic mass is 10.1. The smallest absolute Gasteiger partial charge is 0.324 e. The van der Waals surface area contributed by atoms with Gasteiger partial charge in [-0.2, -0.15) is 0 Å². The Morgan fingerprint density at radius 1 is 1.27 bits per heavy atom. The summed E-state index contributed by atoms with van der Waals surface area (Å²) in [5.74, 6) is 0.0865. The zero-order chi connectivity index (χ0) is 18.5. The van der Waals surface area contributed by atoms with Crippen molar-refractivity contribution in [2.45, 2.75) is 32.7 Å². The largest absolute Gasteiger partial charge is 0.361 e. The molecule has 136 valence electrons. The molecule has 7 heteroatoms. The molecule has 3 aromatic rings. The van der Waals surface area contributed by atoms with E-state index in [2.05, 4.69) is 11.1 Å². The second-order valence-electron chi connectivity index (χ2n) is 6.17. The second-order valence-corrected chi connectivity index (χ2v) is 7.32. The number of para-hydroxylation sites is 1. The predicted molar refractivity (Wildman–Crippen MR) is 103 cm³/mol. The monoisotopic (exact) mass is 371 g/mol. The maximum Gasteiger partial charge on any atom is 0.324 e. The molecule has 0 saturated carbocycles. The summed E-state index contributed by atoms with van der Waals surface area (Å²) in [5.41, 5.74) is 2.26. The van der Waals surface area contributed by atoms with Crippen molar-refractivity contribution < 1.29 is 9.72 Å². The van der Waals surface area contributed by atoms with Gasteiger partial charge in [-0.15, -0.1) is 0 Å². The minimum absolute atomic E-state index is 0.0865. The minimum atomic E-state index is -0.391. The maximum absolute atomic E-state index is 12.5. The molecule has 1 N–H and O–H groups in total. The van der Waals surface area contributed by atoms with E-state index in [9.17, 15) is 14.9 Å². The van der Waals surface area contributed by atoms with E-state index < -0.39 is 4.92 Å². The van der Waals surface area contributed by atoms with E-state index in [4.69, 9.17) is 0 Å². The molecule has 2 heterocycles. The summed E-state index contributed by atoms with van der Waals surface area (Å²) in [6, 6.07) is 11.3. The van der Waals surface area contributed by atoms with Crippen LogP contribution in [0.5, 0.6) is 0 Å². The average molecular weight is 371 g/mol. The van der Waals surface area contributed by atoms with Crippen molar-refractivity contribution in [3.8, 4) is 0 Å². The van der Waals surface area contributed by atoms with E-state index in [0.29, 0.717) is 19.5 Å². The van der Waals surface area contributed by atoms with Crippen molar-refractivity contribution in [3.05, 3.63) is 63.1 Å². The Morgan fingerprint density at radius 3 is 2.81 bits per heavy atom. The molecule has 26 heavy (non-hydrogen) atoms. The molecule has 0 spiro atoms. The van der Waals surface area contributed by atoms with Crippen LogP contribution in [0.1, 0.15) is 30.2 Å². The number of nitrogens with zero attached hydrogens (tertiary/aromatic N) is 2. The van der Waals surface area contributed by atoms with Gasteiger partial charge < -0.3 is 9.88 Å². The summed E-state index contributed by atoms with van der Waals surface area (Å²) in [6.45, 7) is 2.98. The Hall–Kier alpha value is -2.67. The summed E-state index contributed by atoms with van der Waals surface area (Å²) < 4.78 is 0. The lowest BCUT2D eigenvalue weighted by Crippen LogP contribution is -2.31. The summed E-state index contributed by atoms with van der Waals surface area (Å²) in [7, 11) is 0. The van der Waals surface area contributed by atoms with E-state index in [1.165, 1.54) is 17.0 Å². The van der Waals surface area contributed by atoms with Gasteiger partial charge in [0.1, 0.15) is 0 Å². The third-order valence-electron chi connectivity index (χ3n) is 4.32. The number of aromatic nitrogens is 1. The van der Waals surface area contributed by atoms with Crippen molar-refractivity contribution in [1.82, 2.24) is 9.88 Å². The van der Waals surface area contributed by atoms with Crippen LogP contribution in [0.4, 0.5) is 5.00 Å². The molecule has 0 aliphatic carbocycles. The topological polar surface area (TPSA) is 79.2 Å². The standard InChI is InChI=1S/C19H21N3O3S/c1-2-5-18(23)21(13-15-8-9-19(26-15)22(24)25)11-10-14-12-20-17-7-4-3-6-16(14)17/h3-4,6-9,12,20H,2,5,10-11,13H2,1H3. The van der Waals surface area contributed by atoms with Crippen LogP contribution in [-0.4, -0.2) is 27.3 Å². The first-order valence-electron chi connectivity index (χ1n) is 8.64. The number of carbonyl (C=O) groups is 1. The lowest BCUT2D eigenvalue weighted by molar-refractivity contribution is -0.380. The SMILES string of the molecule is CCCC(=O)N(CCc1c[nH]c2ccccc12)Cc1ccc([N+](=O)[O-])s1. The van der Waals surface area contributed by atoms with Gasteiger partial charge in [-0.3, -0.25) is 14.9 Å². The highest BCUT2D eigenvalue weighted by atomic mass is 32.1. The normalized spacial score (nSPS) is 11.0. The van der Waals surface area contributed by atoms with E-state index in [-0.39, 0.29) is 10.9 Å². The third-order valence-corrected chi connectivity index (χ3v) is 5.34. The number of fused-ring (bicyclic) bond motifs is 1. The van der Waals surface area contributed by atoms with Gasteiger partial charge in [0.05, 0.1) is 11.5 Å². The highest BCUT2D eigenvalue weighted by Crippen LogP contribution is 2.26. The van der Waals surface area contributed by atoms with Gasteiger partial charge in [-0.1, -0.05) is 36.5 Å². The molecule has 0 saturated heterocycles. The van der Waals surface area contributed by atoms with Gasteiger partial charge in [0, 0.05) is 41.0 Å². The van der Waals surface area contributed by atoms with Crippen LogP contribution in [0.2, 0.25) is 0 Å². The van der Waals surface area contributed by atoms with Crippen molar-refractivity contribution in [2.75, 3.05) is 6.54 Å². The second kappa shape index (κ2) is 8.14. The molecule has 2 aromatic heterocycles. The Morgan fingerprint density at radius 2 is 2.08 bits per heavy atom. The van der Waals surface area contributed by atoms with Crippen LogP contribution in [0.15, 0.2) is 42.6 Å². The highest BCUT2D eigenvalue weighted by Gasteiger charge is 2.17. The fourth-order valence-electron chi connectivity index (χ4n) is 3.00. The maximum atomic E-state index is 12.5. The predicted octanol–water partition coefficient (Wildman–Crippen LogP) is 4.51. The zero-order valence-corrected chi connectivity index (χ0v) is 15.4. The Bertz CT molecular complexity index is 916. The number of hydrogen-bond donors (Lipinski definition) is 1. The number of carbonyl (C=O) groups excluding carboxylic acids is 1. The molecule has 1 aromatic carbocycles. The number of nitro groups is 1. The first kappa shape index (κ1) is 18.1. The number of H-pyrrole nitrogens is 1. The van der Waals surface area contributed by atoms with Crippen molar-refractivity contribution in [2.24, 2.45) is 0 Å². The van der Waals surface area contributed by atoms with E-state index in [1.807, 2.05) is 31.3 Å². The molecule has 3 rings (SSSR count). The van der Waals surface area contributed by atoms with Gasteiger partial charge in [0.25, 0.3) is 0 Å². The van der Waals surface area contributed by atoms with Gasteiger partial charge in [-0.25, -0.2) is 0 Å². The molecule has 0 unspecified atom stereocenters. The van der Waals surface area contributed by atoms with Crippen molar-refractivity contribution in [1.29, 1.82) is 0 Å². The van der Waals surface area contributed by atoms with E-state index in [0.717, 1.165) is 34.6 Å². The van der Waals surface area contributed by atoms with E-state index >= 15 is 0 Å². The van der Waals surface area contributed by atoms with Crippen LogP contribution >= 0.6 is 11.3 Å². The molecule has 6 nitrogen and oxygen atoms in total. The number of nitrogens with one attached hydrogen (secondary N) is 1. The molecule has 0 radical (unpaired) electrons.